The third-order valence-corrected chi connectivity index (χ3v) is 3.66. The number of carboxylic acids is 1. The molecule has 8 heteroatoms. The van der Waals surface area contributed by atoms with Gasteiger partial charge in [0.25, 0.3) is 0 Å². The fraction of sp³-hybridized carbons (Fsp3) is 0.750. The molecule has 7 nitrogen and oxygen atoms in total. The number of hydrogen-bond donors (Lipinski definition) is 4. The van der Waals surface area contributed by atoms with Gasteiger partial charge in [0.05, 0.1) is 0 Å². The van der Waals surface area contributed by atoms with E-state index in [9.17, 15) is 14.4 Å². The predicted octanol–water partition coefficient (Wildman–Crippen LogP) is 0.392. The van der Waals surface area contributed by atoms with Gasteiger partial charge in [-0.1, -0.05) is 20.3 Å². The van der Waals surface area contributed by atoms with E-state index in [1.807, 2.05) is 13.2 Å². The molecule has 2 unspecified atom stereocenters. The SMILES string of the molecule is CCC(C)C(NC(N)=O)C(=O)N[C@H](CCSC)C(=O)O. The maximum Gasteiger partial charge on any atom is 0.326 e. The zero-order chi connectivity index (χ0) is 15.7. The van der Waals surface area contributed by atoms with Crippen molar-refractivity contribution in [3.05, 3.63) is 0 Å². The Morgan fingerprint density at radius 1 is 1.30 bits per heavy atom. The lowest BCUT2D eigenvalue weighted by Crippen LogP contribution is -2.55. The minimum Gasteiger partial charge on any atom is -0.480 e. The average molecular weight is 305 g/mol. The van der Waals surface area contributed by atoms with Gasteiger partial charge in [0.15, 0.2) is 0 Å². The first-order valence-corrected chi connectivity index (χ1v) is 7.80. The molecular weight excluding hydrogens is 282 g/mol. The van der Waals surface area contributed by atoms with Gasteiger partial charge in [-0.3, -0.25) is 4.79 Å². The highest BCUT2D eigenvalue weighted by Gasteiger charge is 2.28. The third-order valence-electron chi connectivity index (χ3n) is 3.02. The molecule has 0 aromatic rings. The third kappa shape index (κ3) is 6.65. The summed E-state index contributed by atoms with van der Waals surface area (Å²) in [7, 11) is 0. The predicted molar refractivity (Wildman–Crippen MR) is 78.5 cm³/mol. The fourth-order valence-electron chi connectivity index (χ4n) is 1.61. The molecule has 116 valence electrons. The summed E-state index contributed by atoms with van der Waals surface area (Å²) in [4.78, 5) is 34.1. The number of carbonyl (C=O) groups is 3. The maximum atomic E-state index is 12.1. The lowest BCUT2D eigenvalue weighted by molar-refractivity contribution is -0.142. The van der Waals surface area contributed by atoms with Gasteiger partial charge in [0.1, 0.15) is 12.1 Å². The van der Waals surface area contributed by atoms with Gasteiger partial charge in [0, 0.05) is 0 Å². The van der Waals surface area contributed by atoms with E-state index in [1.54, 1.807) is 6.92 Å². The summed E-state index contributed by atoms with van der Waals surface area (Å²) >= 11 is 1.50. The summed E-state index contributed by atoms with van der Waals surface area (Å²) in [5.41, 5.74) is 5.04. The van der Waals surface area contributed by atoms with Crippen molar-refractivity contribution in [1.29, 1.82) is 0 Å². The van der Waals surface area contributed by atoms with Crippen LogP contribution in [0, 0.1) is 5.92 Å². The van der Waals surface area contributed by atoms with Crippen molar-refractivity contribution in [2.75, 3.05) is 12.0 Å². The molecule has 0 bridgehead atoms. The number of amides is 3. The highest BCUT2D eigenvalue weighted by molar-refractivity contribution is 7.98. The van der Waals surface area contributed by atoms with Crippen molar-refractivity contribution in [3.8, 4) is 0 Å². The molecule has 0 fully saturated rings. The Morgan fingerprint density at radius 2 is 1.90 bits per heavy atom. The molecule has 0 heterocycles. The molecule has 3 amide bonds. The van der Waals surface area contributed by atoms with Crippen LogP contribution in [0.3, 0.4) is 0 Å². The van der Waals surface area contributed by atoms with Crippen LogP contribution in [-0.4, -0.2) is 47.1 Å². The molecule has 3 atom stereocenters. The van der Waals surface area contributed by atoms with Crippen LogP contribution in [0.4, 0.5) is 4.79 Å². The summed E-state index contributed by atoms with van der Waals surface area (Å²) < 4.78 is 0. The van der Waals surface area contributed by atoms with Gasteiger partial charge in [-0.2, -0.15) is 11.8 Å². The Labute approximate surface area is 123 Å². The largest absolute Gasteiger partial charge is 0.480 e. The second kappa shape index (κ2) is 9.46. The van der Waals surface area contributed by atoms with Crippen LogP contribution in [-0.2, 0) is 9.59 Å². The highest BCUT2D eigenvalue weighted by atomic mass is 32.2. The first-order valence-electron chi connectivity index (χ1n) is 6.41. The van der Waals surface area contributed by atoms with Gasteiger partial charge < -0.3 is 21.5 Å². The molecule has 0 aliphatic rings. The molecule has 0 saturated carbocycles. The number of thioether (sulfide) groups is 1. The van der Waals surface area contributed by atoms with Crippen LogP contribution in [0.1, 0.15) is 26.7 Å². The Bertz CT molecular complexity index is 352. The van der Waals surface area contributed by atoms with Crippen LogP contribution in [0.15, 0.2) is 0 Å². The number of nitrogens with two attached hydrogens (primary N) is 1. The number of rotatable bonds is 9. The summed E-state index contributed by atoms with van der Waals surface area (Å²) in [6.45, 7) is 3.66. The fourth-order valence-corrected chi connectivity index (χ4v) is 2.08. The molecule has 0 spiro atoms. The number of nitrogens with one attached hydrogen (secondary N) is 2. The van der Waals surface area contributed by atoms with Crippen molar-refractivity contribution in [2.24, 2.45) is 11.7 Å². The van der Waals surface area contributed by atoms with E-state index >= 15 is 0 Å². The van der Waals surface area contributed by atoms with Crippen LogP contribution in [0.25, 0.3) is 0 Å². The molecule has 0 aromatic heterocycles. The van der Waals surface area contributed by atoms with Crippen LogP contribution in [0.2, 0.25) is 0 Å². The summed E-state index contributed by atoms with van der Waals surface area (Å²) in [6, 6.07) is -2.59. The summed E-state index contributed by atoms with van der Waals surface area (Å²) in [5, 5.41) is 13.9. The highest BCUT2D eigenvalue weighted by Crippen LogP contribution is 2.09. The molecule has 0 aliphatic heterocycles. The lowest BCUT2D eigenvalue weighted by atomic mass is 9.98. The van der Waals surface area contributed by atoms with Crippen LogP contribution in [0.5, 0.6) is 0 Å². The molecule has 0 saturated heterocycles. The van der Waals surface area contributed by atoms with E-state index in [-0.39, 0.29) is 5.92 Å². The van der Waals surface area contributed by atoms with E-state index in [2.05, 4.69) is 10.6 Å². The number of carbonyl (C=O) groups excluding carboxylic acids is 2. The van der Waals surface area contributed by atoms with Gasteiger partial charge in [-0.25, -0.2) is 9.59 Å². The van der Waals surface area contributed by atoms with E-state index in [1.165, 1.54) is 11.8 Å². The molecule has 0 rings (SSSR count). The molecule has 5 N–H and O–H groups in total. The minimum absolute atomic E-state index is 0.141. The lowest BCUT2D eigenvalue weighted by Gasteiger charge is -2.24. The monoisotopic (exact) mass is 305 g/mol. The minimum atomic E-state index is -1.09. The summed E-state index contributed by atoms with van der Waals surface area (Å²) in [6.07, 6.45) is 2.84. The average Bonchev–Trinajstić information content (AvgIpc) is 2.38. The number of carboxylic acid groups (broad SMARTS) is 1. The van der Waals surface area contributed by atoms with Crippen LogP contribution < -0.4 is 16.4 Å². The number of primary amides is 1. The Hall–Kier alpha value is -1.44. The van der Waals surface area contributed by atoms with Crippen molar-refractivity contribution in [1.82, 2.24) is 10.6 Å². The second-order valence-electron chi connectivity index (χ2n) is 4.55. The smallest absolute Gasteiger partial charge is 0.326 e. The number of aliphatic carboxylic acids is 1. The van der Waals surface area contributed by atoms with Crippen molar-refractivity contribution in [3.63, 3.8) is 0 Å². The zero-order valence-corrected chi connectivity index (χ0v) is 12.8. The quantitative estimate of drug-likeness (QED) is 0.491. The van der Waals surface area contributed by atoms with E-state index in [4.69, 9.17) is 10.8 Å². The molecule has 0 aromatic carbocycles. The Morgan fingerprint density at radius 3 is 2.30 bits per heavy atom. The first kappa shape index (κ1) is 18.6. The van der Waals surface area contributed by atoms with E-state index < -0.39 is 30.0 Å². The standard InChI is InChI=1S/C12H23N3O4S/c1-4-7(2)9(15-12(13)19)10(16)14-8(11(17)18)5-6-20-3/h7-9H,4-6H2,1-3H3,(H,14,16)(H,17,18)(H3,13,15,19)/t7?,8-,9?/m1/s1. The van der Waals surface area contributed by atoms with Gasteiger partial charge in [-0.15, -0.1) is 0 Å². The second-order valence-corrected chi connectivity index (χ2v) is 5.54. The number of hydrogen-bond acceptors (Lipinski definition) is 4. The van der Waals surface area contributed by atoms with Crippen LogP contribution >= 0.6 is 11.8 Å². The van der Waals surface area contributed by atoms with Gasteiger partial charge in [-0.05, 0) is 24.3 Å². The van der Waals surface area contributed by atoms with Gasteiger partial charge in [0.2, 0.25) is 5.91 Å². The summed E-state index contributed by atoms with van der Waals surface area (Å²) in [5.74, 6) is -1.13. The first-order chi connectivity index (χ1) is 9.33. The zero-order valence-electron chi connectivity index (χ0n) is 12.0. The van der Waals surface area contributed by atoms with Gasteiger partial charge >= 0.3 is 12.0 Å². The van der Waals surface area contributed by atoms with E-state index in [0.717, 1.165) is 0 Å². The van der Waals surface area contributed by atoms with Crippen molar-refractivity contribution < 1.29 is 19.5 Å². The molecular formula is C12H23N3O4S. The van der Waals surface area contributed by atoms with Crippen molar-refractivity contribution >= 4 is 29.7 Å². The Balaban J connectivity index is 4.77. The van der Waals surface area contributed by atoms with E-state index in [0.29, 0.717) is 18.6 Å². The Kier molecular flexibility index (Phi) is 8.78. The molecule has 0 aliphatic carbocycles. The normalized spacial score (nSPS) is 14.9. The molecule has 0 radical (unpaired) electrons. The maximum absolute atomic E-state index is 12.1. The van der Waals surface area contributed by atoms with Crippen molar-refractivity contribution in [2.45, 2.75) is 38.8 Å². The topological polar surface area (TPSA) is 122 Å². The number of urea groups is 1. The molecule has 20 heavy (non-hydrogen) atoms.